The maximum Gasteiger partial charge on any atom is 0.312 e. The van der Waals surface area contributed by atoms with Gasteiger partial charge in [-0.2, -0.15) is 0 Å². The highest BCUT2D eigenvalue weighted by atomic mass is 16.8. The Morgan fingerprint density at radius 1 is 0.279 bits per heavy atom. The molecule has 34 heteroatoms. The van der Waals surface area contributed by atoms with Crippen LogP contribution in [-0.4, -0.2) is 258 Å². The third-order valence-electron chi connectivity index (χ3n) is 45.4. The van der Waals surface area contributed by atoms with Gasteiger partial charge in [-0.1, -0.05) is 0 Å². The van der Waals surface area contributed by atoms with Gasteiger partial charge in [0.2, 0.25) is 0 Å². The molecule has 812 valence electrons. The van der Waals surface area contributed by atoms with E-state index in [0.29, 0.717) is 200 Å². The molecule has 0 aromatic heterocycles. The summed E-state index contributed by atoms with van der Waals surface area (Å²) in [4.78, 5) is 127. The first kappa shape index (κ1) is 100. The molecule has 0 radical (unpaired) electrons. The Labute approximate surface area is 857 Å². The molecule has 34 nitrogen and oxygen atoms in total. The van der Waals surface area contributed by atoms with Gasteiger partial charge in [-0.15, -0.1) is 0 Å². The van der Waals surface area contributed by atoms with Crippen molar-refractivity contribution < 1.29 is 165 Å². The standard InChI is InChI=1S/C34H46O10.C34H48O10.C23H32O7.C22H30O7/c35-27(36)24-4-23-3-22(24)13-34(23)43-25(14-41-28(37)30-5-18-1-19(6-30)10-32(39,9-18)16-30)26(44-34)15-42-29(38)31-7-20-2-21(8-31)12-33(40,11-20)17-31;35-27(36)24-1-3-34(4-2-24)42-15-25(16-43-34)26(44-29(38)31-9-22-6-23(10-31)14-33(40,13-22)19-31)17-41-28(37)30-7-20-5-21(8-30)12-32(39,11-20)18-30;24-19(25)18-3-17-2-16(18)8-23(17)29-10-15(11-30-23)9-28-20(26)21-4-13-1-14(5-21)7-22(27,6-13)12-21;23-18(24)17-3-15-2-14(17)8-22(15)28-10-16(29-22)9-27-19(25)20-4-12-1-13(5-20)7-21(26,6-12)11-20/h18-26,39-40H,1-17H2,(H,35,36);20-26,39-40H,1-19H2,(H,35,36);13-18,27H,1-12H2,(H,24,25);12-17,26H,1-11H2,(H,23,24). The van der Waals surface area contributed by atoms with Crippen LogP contribution in [0.2, 0.25) is 0 Å². The van der Waals surface area contributed by atoms with Gasteiger partial charge in [0.25, 0.3) is 0 Å². The zero-order valence-corrected chi connectivity index (χ0v) is 85.2. The van der Waals surface area contributed by atoms with Crippen LogP contribution in [-0.2, 0) is 114 Å². The lowest BCUT2D eigenvalue weighted by atomic mass is 9.48. The fourth-order valence-electron chi connectivity index (χ4n) is 42.2. The van der Waals surface area contributed by atoms with E-state index in [0.717, 1.165) is 205 Å². The first-order valence-corrected chi connectivity index (χ1v) is 57.4. The van der Waals surface area contributed by atoms with Crippen molar-refractivity contribution >= 4 is 59.7 Å². The number of carbonyl (C=O) groups excluding carboxylic acids is 6. The van der Waals surface area contributed by atoms with Gasteiger partial charge in [-0.25, -0.2) is 0 Å². The molecule has 4 aliphatic heterocycles. The largest absolute Gasteiger partial charge is 0.481 e. The number of aliphatic hydroxyl groups is 6. The van der Waals surface area contributed by atoms with Crippen molar-refractivity contribution in [1.29, 1.82) is 0 Å². The maximum absolute atomic E-state index is 14.1. The minimum Gasteiger partial charge on any atom is -0.481 e. The van der Waals surface area contributed by atoms with Crippen LogP contribution in [0.25, 0.3) is 0 Å². The number of carboxylic acids is 4. The maximum atomic E-state index is 14.1. The Bertz CT molecular complexity index is 5050. The lowest BCUT2D eigenvalue weighted by molar-refractivity contribution is -0.309. The number of carboxylic acid groups (broad SMARTS) is 4. The van der Waals surface area contributed by atoms with E-state index in [1.165, 1.54) is 0 Å². The summed E-state index contributed by atoms with van der Waals surface area (Å²) in [7, 11) is 0. The number of esters is 6. The summed E-state index contributed by atoms with van der Waals surface area (Å²) in [6, 6.07) is 0. The Hall–Kier alpha value is -5.86. The van der Waals surface area contributed by atoms with Crippen LogP contribution >= 0.6 is 0 Å². The van der Waals surface area contributed by atoms with Gasteiger partial charge in [0.1, 0.15) is 50.8 Å². The monoisotopic (exact) mass is 2060 g/mol. The summed E-state index contributed by atoms with van der Waals surface area (Å²) in [5.74, 6) is -4.25. The molecule has 26 atom stereocenters. The zero-order chi connectivity index (χ0) is 102. The quantitative estimate of drug-likeness (QED) is 0.0355. The normalized spacial score (nSPS) is 53.5. The van der Waals surface area contributed by atoms with Crippen LogP contribution in [0, 0.1) is 175 Å². The van der Waals surface area contributed by atoms with E-state index in [1.54, 1.807) is 0 Å². The van der Waals surface area contributed by atoms with Crippen LogP contribution in [0.15, 0.2) is 0 Å². The van der Waals surface area contributed by atoms with Crippen molar-refractivity contribution in [3.05, 3.63) is 0 Å². The average molecular weight is 2060 g/mol. The molecule has 4 saturated heterocycles. The van der Waals surface area contributed by atoms with Crippen LogP contribution in [0.1, 0.15) is 315 Å². The first-order chi connectivity index (χ1) is 69.8. The number of aliphatic carboxylic acids is 4. The minimum absolute atomic E-state index is 0.00553. The molecule has 147 heavy (non-hydrogen) atoms. The van der Waals surface area contributed by atoms with Crippen molar-refractivity contribution in [3.63, 3.8) is 0 Å². The van der Waals surface area contributed by atoms with Gasteiger partial charge in [0.05, 0.1) is 129 Å². The predicted octanol–water partition coefficient (Wildman–Crippen LogP) is 11.5. The van der Waals surface area contributed by atoms with Crippen LogP contribution in [0.5, 0.6) is 0 Å². The van der Waals surface area contributed by atoms with E-state index in [1.807, 2.05) is 0 Å². The number of rotatable bonds is 22. The number of hydrogen-bond donors (Lipinski definition) is 10. The number of fused-ring (bicyclic) bond motifs is 9. The highest BCUT2D eigenvalue weighted by molar-refractivity contribution is 5.82. The molecule has 31 saturated carbocycles. The zero-order valence-electron chi connectivity index (χ0n) is 85.2. The van der Waals surface area contributed by atoms with Crippen molar-refractivity contribution in [1.82, 2.24) is 0 Å². The highest BCUT2D eigenvalue weighted by Crippen LogP contribution is 2.71. The van der Waals surface area contributed by atoms with Crippen LogP contribution in [0.3, 0.4) is 0 Å². The summed E-state index contributed by atoms with van der Waals surface area (Å²) >= 11 is 0. The predicted molar refractivity (Wildman–Crippen MR) is 505 cm³/mol. The summed E-state index contributed by atoms with van der Waals surface area (Å²) in [5, 5.41) is 104. The van der Waals surface area contributed by atoms with Gasteiger partial charge < -0.3 is 117 Å². The van der Waals surface area contributed by atoms with Gasteiger partial charge >= 0.3 is 59.7 Å². The molecule has 31 aliphatic carbocycles. The molecule has 35 aliphatic rings. The number of carbonyl (C=O) groups is 10. The summed E-state index contributed by atoms with van der Waals surface area (Å²) < 4.78 is 86.3. The molecule has 0 aromatic carbocycles. The minimum atomic E-state index is -0.962. The molecular weight excluding hydrogens is 1900 g/mol. The fraction of sp³-hybridized carbons (Fsp3) is 0.912. The molecule has 4 heterocycles. The molecule has 30 bridgehead atoms. The highest BCUT2D eigenvalue weighted by Gasteiger charge is 2.72. The topological polar surface area (TPSA) is 502 Å². The first-order valence-electron chi connectivity index (χ1n) is 57.4. The molecule has 0 amide bonds. The second-order valence-electron chi connectivity index (χ2n) is 56.7. The third-order valence-corrected chi connectivity index (χ3v) is 45.4. The SMILES string of the molecule is O=C(O)C1CC2CC1CC21OC(COC(=O)C23CC4CC(CC(O)(C4)C2)C3)C(COC(=O)C23CC4CC(CC(O)(C4)C2)C3)O1.O=C(O)C1CC2CC1CC21OCC(COC(=O)C23CC4CC(CC(O)(C4)C2)C3)CO1.O=C(O)C1CC2CC1CC21OCC(COC(=O)C23CC4CC(CC(O)(C4)C2)C3)O1.O=C(O)C1CCC2(CC1)OCC(C(COC(=O)C13CC4CC(CC(O)(C4)C1)C3)OC(=O)C13CC4CC(CC(O)(C4)C1)C3)CO2. The second kappa shape index (κ2) is 35.3. The van der Waals surface area contributed by atoms with Crippen molar-refractivity contribution in [2.45, 2.75) is 396 Å². The number of ether oxygens (including phenoxy) is 14. The Kier molecular flexibility index (Phi) is 24.1. The van der Waals surface area contributed by atoms with Crippen LogP contribution in [0.4, 0.5) is 0 Å². The molecule has 10 N–H and O–H groups in total. The second-order valence-corrected chi connectivity index (χ2v) is 56.7. The van der Waals surface area contributed by atoms with E-state index in [4.69, 9.17) is 66.3 Å². The van der Waals surface area contributed by atoms with Gasteiger partial charge in [0.15, 0.2) is 23.1 Å². The van der Waals surface area contributed by atoms with Crippen LogP contribution < -0.4 is 0 Å². The lowest BCUT2D eigenvalue weighted by Crippen LogP contribution is -2.60. The van der Waals surface area contributed by atoms with E-state index < -0.39 is 143 Å². The van der Waals surface area contributed by atoms with E-state index in [2.05, 4.69) is 0 Å². The summed E-state index contributed by atoms with van der Waals surface area (Å²) in [5.41, 5.74) is -8.18. The van der Waals surface area contributed by atoms with E-state index in [9.17, 15) is 99.0 Å². The number of hydrogen-bond acceptors (Lipinski definition) is 30. The van der Waals surface area contributed by atoms with Gasteiger partial charge in [-0.3, -0.25) is 47.9 Å². The molecular formula is C113H156O34. The average Bonchev–Trinajstić information content (AvgIpc) is 1.33. The molecule has 4 spiro atoms. The van der Waals surface area contributed by atoms with Crippen molar-refractivity contribution in [3.8, 4) is 0 Å². The Balaban J connectivity index is 0.000000101. The fourth-order valence-corrected chi connectivity index (χ4v) is 42.2. The lowest BCUT2D eigenvalue weighted by Gasteiger charge is -2.59. The Morgan fingerprint density at radius 2 is 0.571 bits per heavy atom. The third kappa shape index (κ3) is 17.7. The van der Waals surface area contributed by atoms with E-state index >= 15 is 0 Å². The Morgan fingerprint density at radius 3 is 0.878 bits per heavy atom. The summed E-state index contributed by atoms with van der Waals surface area (Å²) in [6.45, 7) is 2.16. The molecule has 26 unspecified atom stereocenters. The molecule has 35 rings (SSSR count). The van der Waals surface area contributed by atoms with Gasteiger partial charge in [0, 0.05) is 61.7 Å². The van der Waals surface area contributed by atoms with Crippen molar-refractivity contribution in [2.75, 3.05) is 66.1 Å². The molecule has 0 aromatic rings. The smallest absolute Gasteiger partial charge is 0.312 e. The van der Waals surface area contributed by atoms with Gasteiger partial charge in [-0.05, 0) is 371 Å². The van der Waals surface area contributed by atoms with E-state index in [-0.39, 0.29) is 147 Å². The molecule has 35 fully saturated rings. The summed E-state index contributed by atoms with van der Waals surface area (Å²) in [6.07, 6.45) is 33.8. The van der Waals surface area contributed by atoms with Crippen molar-refractivity contribution in [2.24, 2.45) is 175 Å².